The molecule has 3 heteroatoms. The first-order chi connectivity index (χ1) is 10.4. The van der Waals surface area contributed by atoms with Gasteiger partial charge >= 0.3 is 0 Å². The van der Waals surface area contributed by atoms with Gasteiger partial charge in [-0.2, -0.15) is 0 Å². The van der Waals surface area contributed by atoms with Crippen LogP contribution in [0.3, 0.4) is 0 Å². The van der Waals surface area contributed by atoms with Crippen LogP contribution < -0.4 is 10.6 Å². The van der Waals surface area contributed by atoms with Crippen molar-refractivity contribution < 1.29 is 0 Å². The number of piperidine rings is 1. The van der Waals surface area contributed by atoms with Crippen LogP contribution in [0.1, 0.15) is 30.0 Å². The number of allylic oxidation sites excluding steroid dienone is 2. The molecule has 1 saturated heterocycles. The number of dihydropyridines is 1. The van der Waals surface area contributed by atoms with Crippen LogP contribution in [0, 0.1) is 0 Å². The summed E-state index contributed by atoms with van der Waals surface area (Å²) in [6, 6.07) is 8.69. The van der Waals surface area contributed by atoms with Crippen molar-refractivity contribution in [2.75, 3.05) is 19.6 Å². The molecular weight excluding hydrogens is 258 g/mol. The second-order valence-electron chi connectivity index (χ2n) is 5.87. The summed E-state index contributed by atoms with van der Waals surface area (Å²) in [6.45, 7) is 3.15. The summed E-state index contributed by atoms with van der Waals surface area (Å²) < 4.78 is 0. The molecule has 0 unspecified atom stereocenters. The Labute approximate surface area is 125 Å². The van der Waals surface area contributed by atoms with Gasteiger partial charge in [0, 0.05) is 17.4 Å². The van der Waals surface area contributed by atoms with Gasteiger partial charge in [-0.15, -0.1) is 0 Å². The number of nitrogens with one attached hydrogen (secondary N) is 3. The lowest BCUT2D eigenvalue weighted by Gasteiger charge is -2.24. The Morgan fingerprint density at radius 2 is 1.90 bits per heavy atom. The minimum absolute atomic E-state index is 0.644. The predicted octanol–water partition coefficient (Wildman–Crippen LogP) is 3.14. The smallest absolute Gasteiger partial charge is 0.0662 e. The van der Waals surface area contributed by atoms with E-state index in [1.165, 1.54) is 40.7 Å². The molecule has 0 spiro atoms. The molecule has 3 N–H and O–H groups in total. The van der Waals surface area contributed by atoms with Gasteiger partial charge in [-0.1, -0.05) is 30.4 Å². The van der Waals surface area contributed by atoms with Gasteiger partial charge in [0.2, 0.25) is 0 Å². The van der Waals surface area contributed by atoms with Gasteiger partial charge in [0.25, 0.3) is 0 Å². The zero-order valence-electron chi connectivity index (χ0n) is 12.2. The van der Waals surface area contributed by atoms with E-state index in [4.69, 9.17) is 0 Å². The third-order valence-electron chi connectivity index (χ3n) is 4.57. The zero-order valence-corrected chi connectivity index (χ0v) is 12.2. The summed E-state index contributed by atoms with van der Waals surface area (Å²) in [5.74, 6) is 0.644. The largest absolute Gasteiger partial charge is 0.380 e. The molecule has 0 saturated carbocycles. The molecule has 3 heterocycles. The molecule has 2 aliphatic heterocycles. The monoisotopic (exact) mass is 279 g/mol. The summed E-state index contributed by atoms with van der Waals surface area (Å²) >= 11 is 0. The number of rotatable bonds is 2. The van der Waals surface area contributed by atoms with Gasteiger partial charge < -0.3 is 15.6 Å². The molecule has 0 aliphatic carbocycles. The van der Waals surface area contributed by atoms with E-state index in [0.29, 0.717) is 5.92 Å². The van der Waals surface area contributed by atoms with Gasteiger partial charge in [-0.25, -0.2) is 0 Å². The Balaban J connectivity index is 1.88. The summed E-state index contributed by atoms with van der Waals surface area (Å²) in [7, 11) is 0. The highest BCUT2D eigenvalue weighted by Crippen LogP contribution is 2.37. The third kappa shape index (κ3) is 2.28. The Bertz CT molecular complexity index is 702. The molecule has 1 aromatic heterocycles. The van der Waals surface area contributed by atoms with E-state index in [-0.39, 0.29) is 0 Å². The summed E-state index contributed by atoms with van der Waals surface area (Å²) in [5.41, 5.74) is 5.26. The fourth-order valence-corrected chi connectivity index (χ4v) is 3.54. The second-order valence-corrected chi connectivity index (χ2v) is 5.87. The standard InChI is InChI=1S/C18H21N3/c1-2-6-15-14(5-1)17(13-8-11-19-12-9-13)18(21-15)16-7-3-4-10-20-16/h1-7,13,19-21H,8-12H2. The lowest BCUT2D eigenvalue weighted by molar-refractivity contribution is 0.461. The van der Waals surface area contributed by atoms with Crippen LogP contribution in [0.2, 0.25) is 0 Å². The predicted molar refractivity (Wildman–Crippen MR) is 88.3 cm³/mol. The fraction of sp³-hybridized carbons (Fsp3) is 0.333. The highest BCUT2D eigenvalue weighted by Gasteiger charge is 2.24. The lowest BCUT2D eigenvalue weighted by atomic mass is 9.87. The maximum atomic E-state index is 3.65. The minimum atomic E-state index is 0.644. The van der Waals surface area contributed by atoms with E-state index in [2.05, 4.69) is 58.1 Å². The van der Waals surface area contributed by atoms with Crippen LogP contribution in [0.4, 0.5) is 0 Å². The zero-order chi connectivity index (χ0) is 14.1. The van der Waals surface area contributed by atoms with Crippen molar-refractivity contribution in [3.63, 3.8) is 0 Å². The number of benzene rings is 1. The quantitative estimate of drug-likeness (QED) is 0.790. The van der Waals surface area contributed by atoms with Gasteiger partial charge in [-0.3, -0.25) is 0 Å². The van der Waals surface area contributed by atoms with Gasteiger partial charge in [0.15, 0.2) is 0 Å². The van der Waals surface area contributed by atoms with Crippen LogP contribution in [-0.4, -0.2) is 24.6 Å². The third-order valence-corrected chi connectivity index (χ3v) is 4.57. The summed E-state index contributed by atoms with van der Waals surface area (Å²) in [4.78, 5) is 3.65. The van der Waals surface area contributed by atoms with Crippen LogP contribution in [0.5, 0.6) is 0 Å². The van der Waals surface area contributed by atoms with E-state index in [9.17, 15) is 0 Å². The highest BCUT2D eigenvalue weighted by molar-refractivity contribution is 5.90. The molecular formula is C18H21N3. The molecule has 3 nitrogen and oxygen atoms in total. The number of aromatic amines is 1. The molecule has 108 valence electrons. The van der Waals surface area contributed by atoms with Gasteiger partial charge in [-0.05, 0) is 49.6 Å². The molecule has 1 aromatic carbocycles. The van der Waals surface area contributed by atoms with Crippen LogP contribution in [0.25, 0.3) is 16.6 Å². The normalized spacial score (nSPS) is 19.5. The lowest BCUT2D eigenvalue weighted by Crippen LogP contribution is -2.27. The summed E-state index contributed by atoms with van der Waals surface area (Å²) in [6.07, 6.45) is 8.91. The SMILES string of the molecule is C1=CCNC(c2[nH]c3ccccc3c2C2CCNCC2)=C1. The number of fused-ring (bicyclic) bond motifs is 1. The number of aromatic nitrogens is 1. The number of H-pyrrole nitrogens is 1. The first-order valence-corrected chi connectivity index (χ1v) is 7.86. The van der Waals surface area contributed by atoms with Crippen molar-refractivity contribution in [3.8, 4) is 0 Å². The van der Waals surface area contributed by atoms with Crippen molar-refractivity contribution in [2.45, 2.75) is 18.8 Å². The van der Waals surface area contributed by atoms with Crippen LogP contribution in [-0.2, 0) is 0 Å². The molecule has 2 aliphatic rings. The van der Waals surface area contributed by atoms with E-state index >= 15 is 0 Å². The fourth-order valence-electron chi connectivity index (χ4n) is 3.54. The highest BCUT2D eigenvalue weighted by atomic mass is 14.9. The van der Waals surface area contributed by atoms with E-state index < -0.39 is 0 Å². The number of hydrogen-bond donors (Lipinski definition) is 3. The van der Waals surface area contributed by atoms with Gasteiger partial charge in [0.1, 0.15) is 0 Å². The minimum Gasteiger partial charge on any atom is -0.380 e. The Hall–Kier alpha value is -2.00. The first-order valence-electron chi connectivity index (χ1n) is 7.86. The average Bonchev–Trinajstić information content (AvgIpc) is 2.96. The maximum Gasteiger partial charge on any atom is 0.0662 e. The van der Waals surface area contributed by atoms with Crippen molar-refractivity contribution in [1.29, 1.82) is 0 Å². The Kier molecular flexibility index (Phi) is 3.28. The van der Waals surface area contributed by atoms with Crippen molar-refractivity contribution in [1.82, 2.24) is 15.6 Å². The maximum absolute atomic E-state index is 3.65. The molecule has 21 heavy (non-hydrogen) atoms. The Morgan fingerprint density at radius 3 is 2.71 bits per heavy atom. The molecule has 0 amide bonds. The first kappa shape index (κ1) is 12.7. The van der Waals surface area contributed by atoms with E-state index in [1.807, 2.05) is 0 Å². The Morgan fingerprint density at radius 1 is 1.05 bits per heavy atom. The van der Waals surface area contributed by atoms with Gasteiger partial charge in [0.05, 0.1) is 11.4 Å². The molecule has 4 rings (SSSR count). The van der Waals surface area contributed by atoms with Crippen molar-refractivity contribution >= 4 is 16.6 Å². The average molecular weight is 279 g/mol. The molecule has 0 atom stereocenters. The number of para-hydroxylation sites is 1. The molecule has 1 fully saturated rings. The second kappa shape index (κ2) is 5.41. The van der Waals surface area contributed by atoms with E-state index in [0.717, 1.165) is 19.6 Å². The summed E-state index contributed by atoms with van der Waals surface area (Å²) in [5, 5.41) is 8.36. The van der Waals surface area contributed by atoms with E-state index in [1.54, 1.807) is 0 Å². The van der Waals surface area contributed by atoms with Crippen molar-refractivity contribution in [3.05, 3.63) is 53.8 Å². The molecule has 0 radical (unpaired) electrons. The topological polar surface area (TPSA) is 39.9 Å². The molecule has 0 bridgehead atoms. The number of hydrogen-bond acceptors (Lipinski definition) is 2. The molecule has 2 aromatic rings. The van der Waals surface area contributed by atoms with Crippen LogP contribution >= 0.6 is 0 Å². The van der Waals surface area contributed by atoms with Crippen LogP contribution in [0.15, 0.2) is 42.5 Å². The van der Waals surface area contributed by atoms with Crippen molar-refractivity contribution in [2.24, 2.45) is 0 Å².